The average Bonchev–Trinajstić information content (AvgIpc) is 2.17. The van der Waals surface area contributed by atoms with E-state index in [0.717, 1.165) is 19.3 Å². The van der Waals surface area contributed by atoms with E-state index in [2.05, 4.69) is 26.0 Å². The molecular formula is C14H18O. The van der Waals surface area contributed by atoms with Crippen LogP contribution in [0, 0.1) is 5.41 Å². The molecule has 80 valence electrons. The second-order valence-electron chi connectivity index (χ2n) is 5.31. The van der Waals surface area contributed by atoms with Crippen molar-refractivity contribution in [1.82, 2.24) is 0 Å². The summed E-state index contributed by atoms with van der Waals surface area (Å²) in [5.74, 6) is 0.566. The van der Waals surface area contributed by atoms with E-state index in [-0.39, 0.29) is 11.3 Å². The zero-order chi connectivity index (χ0) is 10.9. The van der Waals surface area contributed by atoms with Crippen LogP contribution in [0.1, 0.15) is 44.6 Å². The van der Waals surface area contributed by atoms with Crippen molar-refractivity contribution in [2.24, 2.45) is 5.41 Å². The Balaban J connectivity index is 2.17. The predicted molar refractivity (Wildman–Crippen MR) is 61.8 cm³/mol. The van der Waals surface area contributed by atoms with Crippen molar-refractivity contribution in [3.05, 3.63) is 35.9 Å². The summed E-state index contributed by atoms with van der Waals surface area (Å²) in [7, 11) is 0. The van der Waals surface area contributed by atoms with Crippen LogP contribution < -0.4 is 0 Å². The molecule has 1 aromatic carbocycles. The van der Waals surface area contributed by atoms with Crippen LogP contribution in [0.2, 0.25) is 0 Å². The molecule has 0 amide bonds. The summed E-state index contributed by atoms with van der Waals surface area (Å²) in [6, 6.07) is 10.2. The van der Waals surface area contributed by atoms with Crippen molar-refractivity contribution in [3.8, 4) is 0 Å². The maximum atomic E-state index is 12.0. The summed E-state index contributed by atoms with van der Waals surface area (Å²) >= 11 is 0. The van der Waals surface area contributed by atoms with Gasteiger partial charge < -0.3 is 0 Å². The highest BCUT2D eigenvalue weighted by molar-refractivity contribution is 5.87. The van der Waals surface area contributed by atoms with E-state index in [9.17, 15) is 4.79 Å². The van der Waals surface area contributed by atoms with Crippen LogP contribution in [0.25, 0.3) is 0 Å². The van der Waals surface area contributed by atoms with E-state index >= 15 is 0 Å². The maximum Gasteiger partial charge on any atom is 0.140 e. The number of rotatable bonds is 1. The molecule has 1 heteroatoms. The van der Waals surface area contributed by atoms with Crippen LogP contribution in [-0.4, -0.2) is 5.78 Å². The minimum absolute atomic E-state index is 0.152. The highest BCUT2D eigenvalue weighted by Gasteiger charge is 2.33. The first-order valence-corrected chi connectivity index (χ1v) is 5.66. The standard InChI is InChI=1S/C14H18O/c1-14(2)9-8-12(13(15)10-14)11-6-4-3-5-7-11/h3-7,12H,8-10H2,1-2H3. The fourth-order valence-corrected chi connectivity index (χ4v) is 2.42. The molecule has 0 N–H and O–H groups in total. The van der Waals surface area contributed by atoms with Gasteiger partial charge in [-0.3, -0.25) is 4.79 Å². The molecule has 0 aromatic heterocycles. The first kappa shape index (κ1) is 10.4. The highest BCUT2D eigenvalue weighted by Crippen LogP contribution is 2.39. The van der Waals surface area contributed by atoms with Crippen LogP contribution in [0.3, 0.4) is 0 Å². The Hall–Kier alpha value is -1.11. The van der Waals surface area contributed by atoms with Crippen LogP contribution >= 0.6 is 0 Å². The Morgan fingerprint density at radius 2 is 1.87 bits per heavy atom. The van der Waals surface area contributed by atoms with Crippen molar-refractivity contribution in [1.29, 1.82) is 0 Å². The smallest absolute Gasteiger partial charge is 0.140 e. The molecule has 1 saturated carbocycles. The maximum absolute atomic E-state index is 12.0. The normalized spacial score (nSPS) is 25.2. The van der Waals surface area contributed by atoms with Crippen molar-refractivity contribution in [2.75, 3.05) is 0 Å². The van der Waals surface area contributed by atoms with Gasteiger partial charge in [0.05, 0.1) is 0 Å². The van der Waals surface area contributed by atoms with Gasteiger partial charge in [0.1, 0.15) is 5.78 Å². The number of ketones is 1. The quantitative estimate of drug-likeness (QED) is 0.680. The zero-order valence-electron chi connectivity index (χ0n) is 9.49. The van der Waals surface area contributed by atoms with E-state index in [1.807, 2.05) is 18.2 Å². The van der Waals surface area contributed by atoms with Crippen LogP contribution in [0.15, 0.2) is 30.3 Å². The van der Waals surface area contributed by atoms with Gasteiger partial charge in [0.25, 0.3) is 0 Å². The molecule has 1 aromatic rings. The highest BCUT2D eigenvalue weighted by atomic mass is 16.1. The van der Waals surface area contributed by atoms with Gasteiger partial charge in [-0.25, -0.2) is 0 Å². The Labute approximate surface area is 91.5 Å². The van der Waals surface area contributed by atoms with E-state index in [0.29, 0.717) is 5.78 Å². The monoisotopic (exact) mass is 202 g/mol. The van der Waals surface area contributed by atoms with Gasteiger partial charge in [-0.1, -0.05) is 44.2 Å². The molecule has 0 bridgehead atoms. The number of benzene rings is 1. The SMILES string of the molecule is CC1(C)CCC(c2ccccc2)C(=O)C1. The molecule has 15 heavy (non-hydrogen) atoms. The average molecular weight is 202 g/mol. The van der Waals surface area contributed by atoms with Crippen LogP contribution in [-0.2, 0) is 4.79 Å². The molecule has 1 aliphatic carbocycles. The number of carbonyl (C=O) groups is 1. The topological polar surface area (TPSA) is 17.1 Å². The molecule has 1 nitrogen and oxygen atoms in total. The van der Waals surface area contributed by atoms with E-state index in [1.165, 1.54) is 5.56 Å². The van der Waals surface area contributed by atoms with Crippen molar-refractivity contribution < 1.29 is 4.79 Å². The van der Waals surface area contributed by atoms with Gasteiger partial charge >= 0.3 is 0 Å². The number of hydrogen-bond donors (Lipinski definition) is 0. The molecule has 0 spiro atoms. The summed E-state index contributed by atoms with van der Waals surface area (Å²) in [4.78, 5) is 12.0. The molecule has 1 fully saturated rings. The molecule has 0 heterocycles. The molecule has 0 saturated heterocycles. The number of hydrogen-bond acceptors (Lipinski definition) is 1. The summed E-state index contributed by atoms with van der Waals surface area (Å²) in [5.41, 5.74) is 1.40. The minimum Gasteiger partial charge on any atom is -0.299 e. The number of carbonyl (C=O) groups excluding carboxylic acids is 1. The van der Waals surface area contributed by atoms with E-state index in [4.69, 9.17) is 0 Å². The summed E-state index contributed by atoms with van der Waals surface area (Å²) < 4.78 is 0. The van der Waals surface area contributed by atoms with Gasteiger partial charge in [0.2, 0.25) is 0 Å². The third-order valence-corrected chi connectivity index (χ3v) is 3.35. The second kappa shape index (κ2) is 3.80. The molecule has 0 aliphatic heterocycles. The minimum atomic E-state index is 0.152. The lowest BCUT2D eigenvalue weighted by molar-refractivity contribution is -0.124. The summed E-state index contributed by atoms with van der Waals surface area (Å²) in [5, 5.41) is 0. The third-order valence-electron chi connectivity index (χ3n) is 3.35. The zero-order valence-corrected chi connectivity index (χ0v) is 9.49. The largest absolute Gasteiger partial charge is 0.299 e. The lowest BCUT2D eigenvalue weighted by Gasteiger charge is -2.33. The van der Waals surface area contributed by atoms with Crippen LogP contribution in [0.5, 0.6) is 0 Å². The molecule has 1 aliphatic rings. The summed E-state index contributed by atoms with van der Waals surface area (Å²) in [6.07, 6.45) is 2.89. The van der Waals surface area contributed by atoms with E-state index < -0.39 is 0 Å². The second-order valence-corrected chi connectivity index (χ2v) is 5.31. The Morgan fingerprint density at radius 1 is 1.20 bits per heavy atom. The molecule has 0 radical (unpaired) electrons. The Bertz CT molecular complexity index is 351. The fraction of sp³-hybridized carbons (Fsp3) is 0.500. The molecule has 1 atom stereocenters. The molecule has 1 unspecified atom stereocenters. The summed E-state index contributed by atoms with van der Waals surface area (Å²) in [6.45, 7) is 4.37. The predicted octanol–water partition coefficient (Wildman–Crippen LogP) is 3.55. The Kier molecular flexibility index (Phi) is 2.64. The lowest BCUT2D eigenvalue weighted by atomic mass is 9.70. The lowest BCUT2D eigenvalue weighted by Crippen LogP contribution is -2.28. The van der Waals surface area contributed by atoms with E-state index in [1.54, 1.807) is 0 Å². The van der Waals surface area contributed by atoms with Gasteiger partial charge in [-0.15, -0.1) is 0 Å². The fourth-order valence-electron chi connectivity index (χ4n) is 2.42. The molecule has 2 rings (SSSR count). The van der Waals surface area contributed by atoms with Gasteiger partial charge in [-0.2, -0.15) is 0 Å². The van der Waals surface area contributed by atoms with Crippen molar-refractivity contribution >= 4 is 5.78 Å². The van der Waals surface area contributed by atoms with Gasteiger partial charge in [-0.05, 0) is 23.8 Å². The van der Waals surface area contributed by atoms with Crippen LogP contribution in [0.4, 0.5) is 0 Å². The Morgan fingerprint density at radius 3 is 2.47 bits per heavy atom. The third kappa shape index (κ3) is 2.28. The number of Topliss-reactive ketones (excluding diaryl/α,β-unsaturated/α-hetero) is 1. The van der Waals surface area contributed by atoms with Gasteiger partial charge in [0, 0.05) is 12.3 Å². The first-order chi connectivity index (χ1) is 7.08. The first-order valence-electron chi connectivity index (χ1n) is 5.66. The van der Waals surface area contributed by atoms with Gasteiger partial charge in [0.15, 0.2) is 0 Å². The molecular weight excluding hydrogens is 184 g/mol. The van der Waals surface area contributed by atoms with Crippen molar-refractivity contribution in [3.63, 3.8) is 0 Å². The van der Waals surface area contributed by atoms with Crippen molar-refractivity contribution in [2.45, 2.75) is 39.0 Å².